The molecule has 0 aliphatic carbocycles. The first-order chi connectivity index (χ1) is 9.29. The SMILES string of the molecule is COCc1cccc(CN=C(N)N2CCSCC2)c1.I. The monoisotopic (exact) mass is 407 g/mol. The Morgan fingerprint density at radius 1 is 1.35 bits per heavy atom. The molecule has 0 atom stereocenters. The fourth-order valence-electron chi connectivity index (χ4n) is 2.05. The Kier molecular flexibility index (Phi) is 8.32. The van der Waals surface area contributed by atoms with Crippen molar-refractivity contribution < 1.29 is 4.74 Å². The highest BCUT2D eigenvalue weighted by Crippen LogP contribution is 2.10. The molecule has 0 spiro atoms. The van der Waals surface area contributed by atoms with E-state index in [0.29, 0.717) is 19.1 Å². The van der Waals surface area contributed by atoms with Crippen molar-refractivity contribution in [2.75, 3.05) is 31.7 Å². The van der Waals surface area contributed by atoms with Crippen LogP contribution in [0.5, 0.6) is 0 Å². The van der Waals surface area contributed by atoms with Crippen molar-refractivity contribution in [3.05, 3.63) is 35.4 Å². The molecule has 4 nitrogen and oxygen atoms in total. The number of nitrogens with two attached hydrogens (primary N) is 1. The normalized spacial score (nSPS) is 15.8. The summed E-state index contributed by atoms with van der Waals surface area (Å²) in [4.78, 5) is 6.65. The van der Waals surface area contributed by atoms with E-state index in [9.17, 15) is 0 Å². The van der Waals surface area contributed by atoms with Gasteiger partial charge in [0.05, 0.1) is 13.2 Å². The van der Waals surface area contributed by atoms with Gasteiger partial charge in [-0.3, -0.25) is 0 Å². The second kappa shape index (κ2) is 9.46. The molecule has 0 amide bonds. The van der Waals surface area contributed by atoms with Gasteiger partial charge in [0.25, 0.3) is 0 Å². The Morgan fingerprint density at radius 3 is 2.75 bits per heavy atom. The van der Waals surface area contributed by atoms with Crippen LogP contribution in [0.25, 0.3) is 0 Å². The van der Waals surface area contributed by atoms with Crippen LogP contribution in [0, 0.1) is 0 Å². The van der Waals surface area contributed by atoms with Gasteiger partial charge in [0.2, 0.25) is 0 Å². The molecule has 20 heavy (non-hydrogen) atoms. The highest BCUT2D eigenvalue weighted by atomic mass is 127. The second-order valence-electron chi connectivity index (χ2n) is 4.53. The lowest BCUT2D eigenvalue weighted by Gasteiger charge is -2.27. The molecule has 1 saturated heterocycles. The zero-order chi connectivity index (χ0) is 13.5. The van der Waals surface area contributed by atoms with E-state index in [1.165, 1.54) is 11.1 Å². The summed E-state index contributed by atoms with van der Waals surface area (Å²) in [5.41, 5.74) is 8.37. The molecule has 1 aliphatic heterocycles. The van der Waals surface area contributed by atoms with E-state index in [-0.39, 0.29) is 24.0 Å². The summed E-state index contributed by atoms with van der Waals surface area (Å²) in [6, 6.07) is 8.28. The zero-order valence-electron chi connectivity index (χ0n) is 11.7. The molecular formula is C14H22IN3OS. The second-order valence-corrected chi connectivity index (χ2v) is 5.75. The number of methoxy groups -OCH3 is 1. The first-order valence-corrected chi connectivity index (χ1v) is 7.64. The van der Waals surface area contributed by atoms with Gasteiger partial charge in [0.1, 0.15) is 0 Å². The van der Waals surface area contributed by atoms with E-state index in [1.54, 1.807) is 7.11 Å². The van der Waals surface area contributed by atoms with Gasteiger partial charge in [-0.25, -0.2) is 4.99 Å². The molecule has 2 rings (SSSR count). The van der Waals surface area contributed by atoms with Gasteiger partial charge >= 0.3 is 0 Å². The fourth-order valence-corrected chi connectivity index (χ4v) is 2.95. The molecule has 0 aromatic heterocycles. The number of hydrogen-bond donors (Lipinski definition) is 1. The van der Waals surface area contributed by atoms with Crippen LogP contribution in [-0.2, 0) is 17.9 Å². The van der Waals surface area contributed by atoms with Crippen molar-refractivity contribution >= 4 is 41.7 Å². The van der Waals surface area contributed by atoms with Gasteiger partial charge in [0, 0.05) is 31.7 Å². The summed E-state index contributed by atoms with van der Waals surface area (Å²) in [5.74, 6) is 2.94. The number of benzene rings is 1. The molecule has 1 aromatic rings. The number of aliphatic imine (C=N–C) groups is 1. The average molecular weight is 407 g/mol. The van der Waals surface area contributed by atoms with Crippen molar-refractivity contribution in [1.29, 1.82) is 0 Å². The minimum absolute atomic E-state index is 0. The van der Waals surface area contributed by atoms with E-state index >= 15 is 0 Å². The number of halogens is 1. The van der Waals surface area contributed by atoms with Crippen LogP contribution in [0.3, 0.4) is 0 Å². The van der Waals surface area contributed by atoms with E-state index < -0.39 is 0 Å². The van der Waals surface area contributed by atoms with Crippen LogP contribution in [0.2, 0.25) is 0 Å². The molecule has 0 bridgehead atoms. The number of nitrogens with zero attached hydrogens (tertiary/aromatic N) is 2. The number of ether oxygens (including phenoxy) is 1. The minimum Gasteiger partial charge on any atom is -0.380 e. The predicted octanol–water partition coefficient (Wildman–Crippen LogP) is 2.31. The first kappa shape index (κ1) is 17.6. The topological polar surface area (TPSA) is 50.9 Å². The Hall–Kier alpha value is -0.470. The molecule has 0 radical (unpaired) electrons. The predicted molar refractivity (Wildman–Crippen MR) is 96.8 cm³/mol. The van der Waals surface area contributed by atoms with Crippen molar-refractivity contribution in [3.63, 3.8) is 0 Å². The average Bonchev–Trinajstić information content (AvgIpc) is 2.46. The van der Waals surface area contributed by atoms with Crippen LogP contribution in [0.15, 0.2) is 29.3 Å². The summed E-state index contributed by atoms with van der Waals surface area (Å²) in [6.07, 6.45) is 0. The number of hydrogen-bond acceptors (Lipinski definition) is 3. The van der Waals surface area contributed by atoms with E-state index in [2.05, 4.69) is 28.1 Å². The third-order valence-electron chi connectivity index (χ3n) is 3.06. The van der Waals surface area contributed by atoms with Crippen LogP contribution < -0.4 is 5.73 Å². The Labute approximate surface area is 142 Å². The van der Waals surface area contributed by atoms with Gasteiger partial charge in [0.15, 0.2) is 5.96 Å². The van der Waals surface area contributed by atoms with Gasteiger partial charge in [-0.05, 0) is 11.1 Å². The summed E-state index contributed by atoms with van der Waals surface area (Å²) in [5, 5.41) is 0. The number of rotatable bonds is 4. The molecule has 2 N–H and O–H groups in total. The van der Waals surface area contributed by atoms with Crippen molar-refractivity contribution in [1.82, 2.24) is 4.90 Å². The van der Waals surface area contributed by atoms with E-state index in [0.717, 1.165) is 24.6 Å². The standard InChI is InChI=1S/C14H21N3OS.HI/c1-18-11-13-4-2-3-12(9-13)10-16-14(15)17-5-7-19-8-6-17;/h2-4,9H,5-8,10-11H2,1H3,(H2,15,16);1H. The van der Waals surface area contributed by atoms with Crippen molar-refractivity contribution in [2.24, 2.45) is 10.7 Å². The maximum Gasteiger partial charge on any atom is 0.191 e. The highest BCUT2D eigenvalue weighted by molar-refractivity contribution is 14.0. The zero-order valence-corrected chi connectivity index (χ0v) is 14.9. The van der Waals surface area contributed by atoms with Gasteiger partial charge in [-0.15, -0.1) is 24.0 Å². The Morgan fingerprint density at radius 2 is 2.05 bits per heavy atom. The summed E-state index contributed by atoms with van der Waals surface area (Å²) >= 11 is 1.97. The summed E-state index contributed by atoms with van der Waals surface area (Å²) in [6.45, 7) is 3.27. The van der Waals surface area contributed by atoms with Gasteiger partial charge < -0.3 is 15.4 Å². The number of thioether (sulfide) groups is 1. The minimum atomic E-state index is 0. The highest BCUT2D eigenvalue weighted by Gasteiger charge is 2.11. The fraction of sp³-hybridized carbons (Fsp3) is 0.500. The lowest BCUT2D eigenvalue weighted by molar-refractivity contribution is 0.185. The first-order valence-electron chi connectivity index (χ1n) is 6.49. The Balaban J connectivity index is 0.00000200. The molecular weight excluding hydrogens is 385 g/mol. The van der Waals surface area contributed by atoms with Crippen molar-refractivity contribution in [3.8, 4) is 0 Å². The lowest BCUT2D eigenvalue weighted by Crippen LogP contribution is -2.42. The smallest absolute Gasteiger partial charge is 0.191 e. The molecule has 1 heterocycles. The summed E-state index contributed by atoms with van der Waals surface area (Å²) < 4.78 is 5.13. The summed E-state index contributed by atoms with van der Waals surface area (Å²) in [7, 11) is 1.71. The molecule has 1 aliphatic rings. The van der Waals surface area contributed by atoms with Crippen LogP contribution in [-0.4, -0.2) is 42.6 Å². The van der Waals surface area contributed by atoms with E-state index in [4.69, 9.17) is 10.5 Å². The van der Waals surface area contributed by atoms with Gasteiger partial charge in [-0.1, -0.05) is 24.3 Å². The third kappa shape index (κ3) is 5.49. The molecule has 0 unspecified atom stereocenters. The number of guanidine groups is 1. The van der Waals surface area contributed by atoms with Crippen LogP contribution in [0.1, 0.15) is 11.1 Å². The third-order valence-corrected chi connectivity index (χ3v) is 4.00. The largest absolute Gasteiger partial charge is 0.380 e. The Bertz CT molecular complexity index is 436. The molecule has 112 valence electrons. The molecule has 1 fully saturated rings. The maximum atomic E-state index is 6.03. The molecule has 0 saturated carbocycles. The molecule has 1 aromatic carbocycles. The molecule has 6 heteroatoms. The van der Waals surface area contributed by atoms with Crippen molar-refractivity contribution in [2.45, 2.75) is 13.2 Å². The quantitative estimate of drug-likeness (QED) is 0.473. The van der Waals surface area contributed by atoms with E-state index in [1.807, 2.05) is 17.8 Å². The lowest BCUT2D eigenvalue weighted by atomic mass is 10.1. The van der Waals surface area contributed by atoms with Crippen LogP contribution in [0.4, 0.5) is 0 Å². The maximum absolute atomic E-state index is 6.03. The van der Waals surface area contributed by atoms with Gasteiger partial charge in [-0.2, -0.15) is 11.8 Å². The van der Waals surface area contributed by atoms with Crippen LogP contribution >= 0.6 is 35.7 Å².